The standard InChI is InChI=1S/C13H11ClN4OS/c1-18-6-5-9(17-18)16-13(19)12-11(15)10-7(14)3-2-4-8(10)20-12/h2-6H,15H2,1H3,(H,16,17,19). The number of anilines is 2. The van der Waals surface area contributed by atoms with Crippen LogP contribution in [0.2, 0.25) is 5.02 Å². The van der Waals surface area contributed by atoms with E-state index in [4.69, 9.17) is 17.3 Å². The second kappa shape index (κ2) is 4.81. The number of rotatable bonds is 2. The molecule has 0 saturated carbocycles. The molecule has 0 spiro atoms. The third-order valence-corrected chi connectivity index (χ3v) is 4.35. The first-order valence-electron chi connectivity index (χ1n) is 5.84. The van der Waals surface area contributed by atoms with Gasteiger partial charge in [0.2, 0.25) is 0 Å². The molecule has 0 aliphatic carbocycles. The van der Waals surface area contributed by atoms with Crippen LogP contribution in [0.1, 0.15) is 9.67 Å². The molecule has 0 aliphatic heterocycles. The van der Waals surface area contributed by atoms with Crippen LogP contribution < -0.4 is 11.1 Å². The lowest BCUT2D eigenvalue weighted by Crippen LogP contribution is -2.12. The van der Waals surface area contributed by atoms with Gasteiger partial charge in [0, 0.05) is 29.4 Å². The number of hydrogen-bond donors (Lipinski definition) is 2. The number of nitrogens with zero attached hydrogens (tertiary/aromatic N) is 2. The maximum Gasteiger partial charge on any atom is 0.269 e. The molecular formula is C13H11ClN4OS. The van der Waals surface area contributed by atoms with Crippen LogP contribution in [0, 0.1) is 0 Å². The van der Waals surface area contributed by atoms with Crippen LogP contribution in [0.25, 0.3) is 10.1 Å². The zero-order valence-corrected chi connectivity index (χ0v) is 12.1. The number of halogens is 1. The molecule has 2 heterocycles. The maximum absolute atomic E-state index is 12.3. The highest BCUT2D eigenvalue weighted by Crippen LogP contribution is 2.38. The van der Waals surface area contributed by atoms with E-state index < -0.39 is 0 Å². The number of nitrogens with one attached hydrogen (secondary N) is 1. The van der Waals surface area contributed by atoms with Crippen LogP contribution in [-0.4, -0.2) is 15.7 Å². The van der Waals surface area contributed by atoms with Crippen molar-refractivity contribution in [1.82, 2.24) is 9.78 Å². The molecule has 0 atom stereocenters. The van der Waals surface area contributed by atoms with Gasteiger partial charge in [0.1, 0.15) is 4.88 Å². The normalized spacial score (nSPS) is 10.9. The van der Waals surface area contributed by atoms with E-state index in [1.165, 1.54) is 11.3 Å². The highest BCUT2D eigenvalue weighted by atomic mass is 35.5. The number of thiophene rings is 1. The summed E-state index contributed by atoms with van der Waals surface area (Å²) >= 11 is 7.44. The number of benzene rings is 1. The lowest BCUT2D eigenvalue weighted by atomic mass is 10.2. The minimum atomic E-state index is -0.279. The average Bonchev–Trinajstić information content (AvgIpc) is 2.95. The van der Waals surface area contributed by atoms with Crippen molar-refractivity contribution in [3.05, 3.63) is 40.4 Å². The van der Waals surface area contributed by atoms with Gasteiger partial charge < -0.3 is 11.1 Å². The quantitative estimate of drug-likeness (QED) is 0.764. The van der Waals surface area contributed by atoms with Crippen molar-refractivity contribution < 1.29 is 4.79 Å². The summed E-state index contributed by atoms with van der Waals surface area (Å²) in [4.78, 5) is 12.7. The van der Waals surface area contributed by atoms with E-state index >= 15 is 0 Å². The van der Waals surface area contributed by atoms with Crippen molar-refractivity contribution in [2.24, 2.45) is 7.05 Å². The zero-order chi connectivity index (χ0) is 14.3. The van der Waals surface area contributed by atoms with E-state index in [2.05, 4.69) is 10.4 Å². The summed E-state index contributed by atoms with van der Waals surface area (Å²) in [5.74, 6) is 0.207. The molecule has 3 N–H and O–H groups in total. The van der Waals surface area contributed by atoms with Crippen molar-refractivity contribution in [3.63, 3.8) is 0 Å². The molecule has 3 rings (SSSR count). The van der Waals surface area contributed by atoms with Gasteiger partial charge in [0.15, 0.2) is 5.82 Å². The molecule has 7 heteroatoms. The van der Waals surface area contributed by atoms with Gasteiger partial charge in [-0.2, -0.15) is 5.10 Å². The Kier molecular flexibility index (Phi) is 3.11. The molecule has 0 fully saturated rings. The molecule has 0 saturated heterocycles. The van der Waals surface area contributed by atoms with Gasteiger partial charge in [-0.25, -0.2) is 0 Å². The fourth-order valence-corrected chi connectivity index (χ4v) is 3.33. The van der Waals surface area contributed by atoms with Crippen molar-refractivity contribution >= 4 is 50.4 Å². The third kappa shape index (κ3) is 2.13. The molecule has 1 amide bonds. The van der Waals surface area contributed by atoms with E-state index in [0.29, 0.717) is 21.4 Å². The monoisotopic (exact) mass is 306 g/mol. The second-order valence-electron chi connectivity index (χ2n) is 4.29. The summed E-state index contributed by atoms with van der Waals surface area (Å²) in [7, 11) is 1.78. The summed E-state index contributed by atoms with van der Waals surface area (Å²) in [6.07, 6.45) is 1.75. The predicted octanol–water partition coefficient (Wildman–Crippen LogP) is 3.12. The Morgan fingerprint density at radius 2 is 2.25 bits per heavy atom. The van der Waals surface area contributed by atoms with Crippen molar-refractivity contribution in [2.45, 2.75) is 0 Å². The number of carbonyl (C=O) groups is 1. The summed E-state index contributed by atoms with van der Waals surface area (Å²) < 4.78 is 2.50. The molecule has 1 aromatic carbocycles. The van der Waals surface area contributed by atoms with E-state index in [-0.39, 0.29) is 5.91 Å². The number of hydrogen-bond acceptors (Lipinski definition) is 4. The largest absolute Gasteiger partial charge is 0.397 e. The van der Waals surface area contributed by atoms with Crippen molar-refractivity contribution in [2.75, 3.05) is 11.1 Å². The number of amides is 1. The number of carbonyl (C=O) groups excluding carboxylic acids is 1. The Morgan fingerprint density at radius 1 is 1.45 bits per heavy atom. The van der Waals surface area contributed by atoms with E-state index in [1.807, 2.05) is 12.1 Å². The molecular weight excluding hydrogens is 296 g/mol. The van der Waals surface area contributed by atoms with E-state index in [0.717, 1.165) is 10.1 Å². The molecule has 0 unspecified atom stereocenters. The van der Waals surface area contributed by atoms with Crippen molar-refractivity contribution in [1.29, 1.82) is 0 Å². The highest BCUT2D eigenvalue weighted by Gasteiger charge is 2.18. The molecule has 20 heavy (non-hydrogen) atoms. The number of nitrogen functional groups attached to an aromatic ring is 1. The van der Waals surface area contributed by atoms with E-state index in [9.17, 15) is 4.79 Å². The van der Waals surface area contributed by atoms with Crippen molar-refractivity contribution in [3.8, 4) is 0 Å². The Morgan fingerprint density at radius 3 is 2.90 bits per heavy atom. The number of aromatic nitrogens is 2. The summed E-state index contributed by atoms with van der Waals surface area (Å²) in [6, 6.07) is 7.20. The fraction of sp³-hybridized carbons (Fsp3) is 0.0769. The Labute approximate surface area is 124 Å². The smallest absolute Gasteiger partial charge is 0.269 e. The average molecular weight is 307 g/mol. The minimum Gasteiger partial charge on any atom is -0.397 e. The van der Waals surface area contributed by atoms with Gasteiger partial charge in [-0.15, -0.1) is 11.3 Å². The molecule has 0 bridgehead atoms. The van der Waals surface area contributed by atoms with Gasteiger partial charge in [0.25, 0.3) is 5.91 Å². The van der Waals surface area contributed by atoms with E-state index in [1.54, 1.807) is 30.1 Å². The SMILES string of the molecule is Cn1ccc(NC(=O)c2sc3cccc(Cl)c3c2N)n1. The minimum absolute atomic E-state index is 0.279. The first-order chi connectivity index (χ1) is 9.56. The zero-order valence-electron chi connectivity index (χ0n) is 10.6. The maximum atomic E-state index is 12.3. The third-order valence-electron chi connectivity index (χ3n) is 2.86. The summed E-state index contributed by atoms with van der Waals surface area (Å²) in [5, 5.41) is 8.09. The molecule has 102 valence electrons. The lowest BCUT2D eigenvalue weighted by Gasteiger charge is -2.00. The van der Waals surface area contributed by atoms with Gasteiger partial charge in [-0.05, 0) is 12.1 Å². The number of nitrogens with two attached hydrogens (primary N) is 1. The van der Waals surface area contributed by atoms with Crippen LogP contribution in [0.15, 0.2) is 30.5 Å². The van der Waals surface area contributed by atoms with Gasteiger partial charge in [-0.3, -0.25) is 9.48 Å². The topological polar surface area (TPSA) is 72.9 Å². The van der Waals surface area contributed by atoms with Gasteiger partial charge in [-0.1, -0.05) is 17.7 Å². The van der Waals surface area contributed by atoms with Gasteiger partial charge in [0.05, 0.1) is 10.7 Å². The number of fused-ring (bicyclic) bond motifs is 1. The molecule has 3 aromatic rings. The van der Waals surface area contributed by atoms with Crippen LogP contribution in [-0.2, 0) is 7.05 Å². The first kappa shape index (κ1) is 13.0. The predicted molar refractivity (Wildman–Crippen MR) is 82.4 cm³/mol. The molecule has 0 radical (unpaired) electrons. The second-order valence-corrected chi connectivity index (χ2v) is 5.75. The lowest BCUT2D eigenvalue weighted by molar-refractivity contribution is 0.103. The van der Waals surface area contributed by atoms with Gasteiger partial charge >= 0.3 is 0 Å². The Hall–Kier alpha value is -2.05. The van der Waals surface area contributed by atoms with Crippen LogP contribution >= 0.6 is 22.9 Å². The van der Waals surface area contributed by atoms with Crippen LogP contribution in [0.5, 0.6) is 0 Å². The highest BCUT2D eigenvalue weighted by molar-refractivity contribution is 7.21. The summed E-state index contributed by atoms with van der Waals surface area (Å²) in [5.41, 5.74) is 6.45. The summed E-state index contributed by atoms with van der Waals surface area (Å²) in [6.45, 7) is 0. The van der Waals surface area contributed by atoms with Crippen LogP contribution in [0.3, 0.4) is 0 Å². The fourth-order valence-electron chi connectivity index (χ4n) is 1.95. The van der Waals surface area contributed by atoms with Crippen LogP contribution in [0.4, 0.5) is 11.5 Å². The Bertz CT molecular complexity index is 808. The first-order valence-corrected chi connectivity index (χ1v) is 7.03. The molecule has 2 aromatic heterocycles. The number of aryl methyl sites for hydroxylation is 1. The molecule has 5 nitrogen and oxygen atoms in total. The molecule has 0 aliphatic rings. The Balaban J connectivity index is 1.99.